The lowest BCUT2D eigenvalue weighted by molar-refractivity contribution is 0.197. The number of hydrogen-bond acceptors (Lipinski definition) is 4. The average molecular weight is 167 g/mol. The molecule has 0 bridgehead atoms. The SMILES string of the molecule is CNCC(O)CS(C)(=O)=O. The van der Waals surface area contributed by atoms with E-state index in [-0.39, 0.29) is 5.75 Å². The third-order valence-corrected chi connectivity index (χ3v) is 1.93. The van der Waals surface area contributed by atoms with E-state index >= 15 is 0 Å². The largest absolute Gasteiger partial charge is 0.391 e. The van der Waals surface area contributed by atoms with Crippen molar-refractivity contribution in [2.45, 2.75) is 6.10 Å². The number of rotatable bonds is 4. The smallest absolute Gasteiger partial charge is 0.150 e. The van der Waals surface area contributed by atoms with Gasteiger partial charge < -0.3 is 10.4 Å². The monoisotopic (exact) mass is 167 g/mol. The predicted molar refractivity (Wildman–Crippen MR) is 39.6 cm³/mol. The lowest BCUT2D eigenvalue weighted by Crippen LogP contribution is -2.30. The first kappa shape index (κ1) is 9.87. The van der Waals surface area contributed by atoms with Crippen LogP contribution in [0.1, 0.15) is 0 Å². The van der Waals surface area contributed by atoms with E-state index in [1.807, 2.05) is 0 Å². The van der Waals surface area contributed by atoms with Crippen molar-refractivity contribution in [3.05, 3.63) is 0 Å². The molecule has 0 aliphatic rings. The van der Waals surface area contributed by atoms with Gasteiger partial charge in [0.25, 0.3) is 0 Å². The second-order valence-corrected chi connectivity index (χ2v) is 4.49. The van der Waals surface area contributed by atoms with E-state index in [4.69, 9.17) is 5.11 Å². The Bertz CT molecular complexity index is 175. The predicted octanol–water partition coefficient (Wildman–Crippen LogP) is -1.39. The number of likely N-dealkylation sites (N-methyl/N-ethyl adjacent to an activating group) is 1. The molecular formula is C5H13NO3S. The molecule has 1 atom stereocenters. The molecule has 1 unspecified atom stereocenters. The van der Waals surface area contributed by atoms with Crippen LogP contribution in [0.4, 0.5) is 0 Å². The molecule has 0 rings (SSSR count). The van der Waals surface area contributed by atoms with Crippen LogP contribution in [-0.4, -0.2) is 45.2 Å². The fourth-order valence-corrected chi connectivity index (χ4v) is 1.46. The first-order valence-corrected chi connectivity index (χ1v) is 5.02. The second-order valence-electron chi connectivity index (χ2n) is 2.30. The molecular weight excluding hydrogens is 154 g/mol. The molecule has 0 fully saturated rings. The molecule has 5 heteroatoms. The van der Waals surface area contributed by atoms with Crippen LogP contribution in [0, 0.1) is 0 Å². The second kappa shape index (κ2) is 3.90. The van der Waals surface area contributed by atoms with Gasteiger partial charge in [0, 0.05) is 12.8 Å². The van der Waals surface area contributed by atoms with Gasteiger partial charge in [-0.2, -0.15) is 0 Å². The molecule has 0 aromatic carbocycles. The third-order valence-electron chi connectivity index (χ3n) is 0.935. The summed E-state index contributed by atoms with van der Waals surface area (Å²) in [7, 11) is -1.38. The summed E-state index contributed by atoms with van der Waals surface area (Å²) in [5.41, 5.74) is 0. The van der Waals surface area contributed by atoms with Crippen LogP contribution in [0.2, 0.25) is 0 Å². The fourth-order valence-electron chi connectivity index (χ4n) is 0.644. The number of aliphatic hydroxyl groups is 1. The molecule has 0 spiro atoms. The zero-order valence-electron chi connectivity index (χ0n) is 6.16. The molecule has 0 aliphatic carbocycles. The minimum atomic E-state index is -3.04. The van der Waals surface area contributed by atoms with E-state index < -0.39 is 15.9 Å². The molecule has 0 radical (unpaired) electrons. The Morgan fingerprint density at radius 1 is 1.60 bits per heavy atom. The van der Waals surface area contributed by atoms with Gasteiger partial charge in [0.1, 0.15) is 9.84 Å². The molecule has 2 N–H and O–H groups in total. The average Bonchev–Trinajstić information content (AvgIpc) is 1.59. The first-order chi connectivity index (χ1) is 4.45. The number of sulfone groups is 1. The van der Waals surface area contributed by atoms with Crippen molar-refractivity contribution in [2.24, 2.45) is 0 Å². The molecule has 0 heterocycles. The van der Waals surface area contributed by atoms with Gasteiger partial charge >= 0.3 is 0 Å². The Morgan fingerprint density at radius 2 is 2.10 bits per heavy atom. The normalized spacial score (nSPS) is 15.1. The van der Waals surface area contributed by atoms with Crippen molar-refractivity contribution < 1.29 is 13.5 Å². The highest BCUT2D eigenvalue weighted by Crippen LogP contribution is 1.88. The fraction of sp³-hybridized carbons (Fsp3) is 1.00. The number of aliphatic hydroxyl groups excluding tert-OH is 1. The van der Waals surface area contributed by atoms with Gasteiger partial charge in [0.15, 0.2) is 0 Å². The van der Waals surface area contributed by atoms with Crippen LogP contribution in [0.15, 0.2) is 0 Å². The van der Waals surface area contributed by atoms with Crippen molar-refractivity contribution >= 4 is 9.84 Å². The van der Waals surface area contributed by atoms with E-state index in [0.717, 1.165) is 6.26 Å². The van der Waals surface area contributed by atoms with Crippen LogP contribution in [0.3, 0.4) is 0 Å². The molecule has 0 aromatic rings. The zero-order chi connectivity index (χ0) is 8.20. The van der Waals surface area contributed by atoms with Crippen molar-refractivity contribution in [3.63, 3.8) is 0 Å². The van der Waals surface area contributed by atoms with Crippen molar-refractivity contribution in [1.82, 2.24) is 5.32 Å². The molecule has 0 aliphatic heterocycles. The summed E-state index contributed by atoms with van der Waals surface area (Å²) in [6.45, 7) is 0.313. The highest BCUT2D eigenvalue weighted by atomic mass is 32.2. The summed E-state index contributed by atoms with van der Waals surface area (Å²) in [6.07, 6.45) is 0.311. The molecule has 62 valence electrons. The topological polar surface area (TPSA) is 66.4 Å². The Labute approximate surface area is 61.2 Å². The van der Waals surface area contributed by atoms with E-state index in [1.165, 1.54) is 0 Å². The van der Waals surface area contributed by atoms with E-state index in [2.05, 4.69) is 5.32 Å². The minimum absolute atomic E-state index is 0.173. The van der Waals surface area contributed by atoms with Crippen LogP contribution < -0.4 is 5.32 Å². The number of nitrogens with one attached hydrogen (secondary N) is 1. The van der Waals surface area contributed by atoms with E-state index in [1.54, 1.807) is 7.05 Å². The Morgan fingerprint density at radius 3 is 2.40 bits per heavy atom. The number of hydrogen-bond donors (Lipinski definition) is 2. The summed E-state index contributed by atoms with van der Waals surface area (Å²) in [5, 5.41) is 11.6. The Hall–Kier alpha value is -0.130. The molecule has 0 saturated heterocycles. The van der Waals surface area contributed by atoms with Crippen LogP contribution >= 0.6 is 0 Å². The highest BCUT2D eigenvalue weighted by molar-refractivity contribution is 7.90. The first-order valence-electron chi connectivity index (χ1n) is 2.96. The maximum atomic E-state index is 10.5. The molecule has 4 nitrogen and oxygen atoms in total. The summed E-state index contributed by atoms with van der Waals surface area (Å²) in [5.74, 6) is -0.173. The van der Waals surface area contributed by atoms with Crippen molar-refractivity contribution in [2.75, 3.05) is 25.6 Å². The van der Waals surface area contributed by atoms with Gasteiger partial charge in [-0.3, -0.25) is 0 Å². The summed E-state index contributed by atoms with van der Waals surface area (Å²) >= 11 is 0. The van der Waals surface area contributed by atoms with Crippen LogP contribution in [0.25, 0.3) is 0 Å². The van der Waals surface area contributed by atoms with Gasteiger partial charge in [0.2, 0.25) is 0 Å². The Kier molecular flexibility index (Phi) is 3.85. The lowest BCUT2D eigenvalue weighted by atomic mass is 10.4. The summed E-state index contributed by atoms with van der Waals surface area (Å²) < 4.78 is 21.1. The Balaban J connectivity index is 3.69. The molecule has 0 saturated carbocycles. The third kappa shape index (κ3) is 6.00. The summed E-state index contributed by atoms with van der Waals surface area (Å²) in [6, 6.07) is 0. The molecule has 10 heavy (non-hydrogen) atoms. The maximum Gasteiger partial charge on any atom is 0.150 e. The van der Waals surface area contributed by atoms with Crippen LogP contribution in [0.5, 0.6) is 0 Å². The maximum absolute atomic E-state index is 10.5. The molecule has 0 aromatic heterocycles. The van der Waals surface area contributed by atoms with Crippen molar-refractivity contribution in [3.8, 4) is 0 Å². The van der Waals surface area contributed by atoms with Crippen molar-refractivity contribution in [1.29, 1.82) is 0 Å². The highest BCUT2D eigenvalue weighted by Gasteiger charge is 2.10. The summed E-state index contributed by atoms with van der Waals surface area (Å²) in [4.78, 5) is 0. The molecule has 0 amide bonds. The van der Waals surface area contributed by atoms with Gasteiger partial charge in [-0.1, -0.05) is 0 Å². The minimum Gasteiger partial charge on any atom is -0.391 e. The standard InChI is InChI=1S/C5H13NO3S/c1-6-3-5(7)4-10(2,8)9/h5-7H,3-4H2,1-2H3. The van der Waals surface area contributed by atoms with Crippen LogP contribution in [-0.2, 0) is 9.84 Å². The van der Waals surface area contributed by atoms with Gasteiger partial charge in [0.05, 0.1) is 11.9 Å². The van der Waals surface area contributed by atoms with Gasteiger partial charge in [-0.05, 0) is 7.05 Å². The van der Waals surface area contributed by atoms with E-state index in [9.17, 15) is 8.42 Å². The zero-order valence-corrected chi connectivity index (χ0v) is 6.98. The quantitative estimate of drug-likeness (QED) is 0.541. The van der Waals surface area contributed by atoms with Gasteiger partial charge in [-0.25, -0.2) is 8.42 Å². The lowest BCUT2D eigenvalue weighted by Gasteiger charge is -2.06. The van der Waals surface area contributed by atoms with E-state index in [0.29, 0.717) is 6.54 Å². The van der Waals surface area contributed by atoms with Gasteiger partial charge in [-0.15, -0.1) is 0 Å².